The second-order valence-corrected chi connectivity index (χ2v) is 7.70. The average Bonchev–Trinajstić information content (AvgIpc) is 3.04. The third-order valence-electron chi connectivity index (χ3n) is 5.61. The van der Waals surface area contributed by atoms with Gasteiger partial charge < -0.3 is 14.5 Å². The molecule has 3 amide bonds. The first-order chi connectivity index (χ1) is 15.0. The third-order valence-corrected chi connectivity index (χ3v) is 5.61. The van der Waals surface area contributed by atoms with Gasteiger partial charge in [0.1, 0.15) is 0 Å². The van der Waals surface area contributed by atoms with E-state index in [1.165, 1.54) is 12.1 Å². The van der Waals surface area contributed by atoms with E-state index in [0.717, 1.165) is 42.5 Å². The van der Waals surface area contributed by atoms with E-state index < -0.39 is 5.91 Å². The predicted molar refractivity (Wildman–Crippen MR) is 117 cm³/mol. The van der Waals surface area contributed by atoms with Crippen molar-refractivity contribution in [3.8, 4) is 0 Å². The summed E-state index contributed by atoms with van der Waals surface area (Å²) in [5.74, 6) is -0.953. The molecular weight excluding hydrogens is 394 g/mol. The maximum Gasteiger partial charge on any atom is 0.261 e. The molecule has 0 aromatic heterocycles. The summed E-state index contributed by atoms with van der Waals surface area (Å²) in [6.07, 6.45) is 1.51. The van der Waals surface area contributed by atoms with E-state index >= 15 is 0 Å². The van der Waals surface area contributed by atoms with Crippen LogP contribution in [0.25, 0.3) is 0 Å². The van der Waals surface area contributed by atoms with E-state index in [1.807, 2.05) is 12.1 Å². The molecule has 0 unspecified atom stereocenters. The van der Waals surface area contributed by atoms with Gasteiger partial charge >= 0.3 is 0 Å². The highest BCUT2D eigenvalue weighted by Crippen LogP contribution is 2.25. The number of benzene rings is 2. The van der Waals surface area contributed by atoms with Crippen molar-refractivity contribution in [1.29, 1.82) is 0 Å². The van der Waals surface area contributed by atoms with Crippen molar-refractivity contribution in [2.24, 2.45) is 0 Å². The largest absolute Gasteiger partial charge is 0.378 e. The molecule has 0 N–H and O–H groups in total. The number of carbonyl (C=O) groups excluding carboxylic acids is 3. The summed E-state index contributed by atoms with van der Waals surface area (Å²) in [6, 6.07) is 12.8. The molecule has 2 aromatic rings. The second kappa shape index (κ2) is 8.73. The van der Waals surface area contributed by atoms with Crippen molar-refractivity contribution < 1.29 is 19.1 Å². The Kier molecular flexibility index (Phi) is 5.86. The summed E-state index contributed by atoms with van der Waals surface area (Å²) in [6.45, 7) is 7.39. The normalized spacial score (nSPS) is 15.8. The SMILES string of the molecule is C=CCN1C(=O)c2ccc(C(=O)N(C)Cc3ccc(N4CCOCC4)cc3)cc2C1=O. The summed E-state index contributed by atoms with van der Waals surface area (Å²) in [5, 5.41) is 0. The Morgan fingerprint density at radius 2 is 1.74 bits per heavy atom. The molecule has 31 heavy (non-hydrogen) atoms. The van der Waals surface area contributed by atoms with Crippen LogP contribution in [-0.2, 0) is 11.3 Å². The number of imide groups is 1. The lowest BCUT2D eigenvalue weighted by Crippen LogP contribution is -2.36. The van der Waals surface area contributed by atoms with Gasteiger partial charge in [-0.3, -0.25) is 19.3 Å². The minimum atomic E-state index is -0.393. The number of rotatable bonds is 6. The first-order valence-corrected chi connectivity index (χ1v) is 10.3. The van der Waals surface area contributed by atoms with Gasteiger partial charge in [0.25, 0.3) is 17.7 Å². The molecule has 2 heterocycles. The number of hydrogen-bond acceptors (Lipinski definition) is 5. The smallest absolute Gasteiger partial charge is 0.261 e. The fourth-order valence-corrected chi connectivity index (χ4v) is 3.92. The van der Waals surface area contributed by atoms with Crippen molar-refractivity contribution >= 4 is 23.4 Å². The zero-order valence-corrected chi connectivity index (χ0v) is 17.5. The van der Waals surface area contributed by atoms with Gasteiger partial charge in [-0.25, -0.2) is 0 Å². The monoisotopic (exact) mass is 419 g/mol. The lowest BCUT2D eigenvalue weighted by molar-refractivity contribution is 0.0671. The molecule has 1 saturated heterocycles. The number of carbonyl (C=O) groups is 3. The van der Waals surface area contributed by atoms with Gasteiger partial charge in [-0.05, 0) is 35.9 Å². The van der Waals surface area contributed by atoms with Crippen molar-refractivity contribution in [2.45, 2.75) is 6.54 Å². The van der Waals surface area contributed by atoms with Gasteiger partial charge in [0.2, 0.25) is 0 Å². The van der Waals surface area contributed by atoms with Crippen LogP contribution in [-0.4, -0.2) is 67.4 Å². The standard InChI is InChI=1S/C24H25N3O4/c1-3-10-27-23(29)20-9-6-18(15-21(20)24(27)30)22(28)25(2)16-17-4-7-19(8-5-17)26-11-13-31-14-12-26/h3-9,15H,1,10-14,16H2,2H3. The van der Waals surface area contributed by atoms with Gasteiger partial charge in [-0.1, -0.05) is 18.2 Å². The number of fused-ring (bicyclic) bond motifs is 1. The highest BCUT2D eigenvalue weighted by molar-refractivity contribution is 6.22. The molecule has 160 valence electrons. The molecule has 0 saturated carbocycles. The van der Waals surface area contributed by atoms with Crippen LogP contribution in [0.2, 0.25) is 0 Å². The van der Waals surface area contributed by atoms with Crippen LogP contribution >= 0.6 is 0 Å². The summed E-state index contributed by atoms with van der Waals surface area (Å²) in [7, 11) is 1.72. The van der Waals surface area contributed by atoms with E-state index in [1.54, 1.807) is 24.1 Å². The molecule has 4 rings (SSSR count). The van der Waals surface area contributed by atoms with Gasteiger partial charge in [0.15, 0.2) is 0 Å². The van der Waals surface area contributed by atoms with Crippen LogP contribution < -0.4 is 4.90 Å². The molecule has 2 aromatic carbocycles. The first-order valence-electron chi connectivity index (χ1n) is 10.3. The number of nitrogens with zero attached hydrogens (tertiary/aromatic N) is 3. The van der Waals surface area contributed by atoms with Crippen LogP contribution in [0.5, 0.6) is 0 Å². The van der Waals surface area contributed by atoms with Crippen molar-refractivity contribution in [1.82, 2.24) is 9.80 Å². The Morgan fingerprint density at radius 3 is 2.42 bits per heavy atom. The quantitative estimate of drug-likeness (QED) is 0.532. The number of morpholine rings is 1. The molecule has 0 bridgehead atoms. The first kappa shape index (κ1) is 20.8. The minimum Gasteiger partial charge on any atom is -0.378 e. The summed E-state index contributed by atoms with van der Waals surface area (Å²) >= 11 is 0. The Morgan fingerprint density at radius 1 is 1.06 bits per heavy atom. The number of ether oxygens (including phenoxy) is 1. The third kappa shape index (κ3) is 4.09. The molecule has 1 fully saturated rings. The van der Waals surface area contributed by atoms with E-state index in [-0.39, 0.29) is 23.9 Å². The Balaban J connectivity index is 1.45. The molecule has 0 radical (unpaired) electrons. The van der Waals surface area contributed by atoms with Crippen LogP contribution in [0.1, 0.15) is 36.6 Å². The maximum absolute atomic E-state index is 12.9. The lowest BCUT2D eigenvalue weighted by atomic mass is 10.0. The molecule has 2 aliphatic heterocycles. The topological polar surface area (TPSA) is 70.2 Å². The van der Waals surface area contributed by atoms with Crippen LogP contribution in [0.15, 0.2) is 55.1 Å². The van der Waals surface area contributed by atoms with E-state index in [9.17, 15) is 14.4 Å². The highest BCUT2D eigenvalue weighted by Gasteiger charge is 2.35. The Bertz CT molecular complexity index is 1030. The van der Waals surface area contributed by atoms with E-state index in [2.05, 4.69) is 23.6 Å². The summed E-state index contributed by atoms with van der Waals surface area (Å²) < 4.78 is 5.39. The lowest BCUT2D eigenvalue weighted by Gasteiger charge is -2.29. The minimum absolute atomic E-state index is 0.149. The molecular formula is C24H25N3O4. The predicted octanol–water partition coefficient (Wildman–Crippen LogP) is 2.58. The fourth-order valence-electron chi connectivity index (χ4n) is 3.92. The number of amides is 3. The number of hydrogen-bond donors (Lipinski definition) is 0. The van der Waals surface area contributed by atoms with Gasteiger partial charge in [-0.15, -0.1) is 6.58 Å². The van der Waals surface area contributed by atoms with Crippen LogP contribution in [0, 0.1) is 0 Å². The van der Waals surface area contributed by atoms with Crippen molar-refractivity contribution in [3.63, 3.8) is 0 Å². The summed E-state index contributed by atoms with van der Waals surface area (Å²) in [4.78, 5) is 42.8. The van der Waals surface area contributed by atoms with Crippen molar-refractivity contribution in [3.05, 3.63) is 77.4 Å². The Hall–Kier alpha value is -3.45. The van der Waals surface area contributed by atoms with Crippen LogP contribution in [0.4, 0.5) is 5.69 Å². The van der Waals surface area contributed by atoms with Crippen LogP contribution in [0.3, 0.4) is 0 Å². The molecule has 7 heteroatoms. The number of anilines is 1. The Labute approximate surface area is 181 Å². The van der Waals surface area contributed by atoms with E-state index in [0.29, 0.717) is 17.7 Å². The summed E-state index contributed by atoms with van der Waals surface area (Å²) in [5.41, 5.74) is 3.13. The van der Waals surface area contributed by atoms with Crippen molar-refractivity contribution in [2.75, 3.05) is 44.8 Å². The van der Waals surface area contributed by atoms with Gasteiger partial charge in [0.05, 0.1) is 24.3 Å². The molecule has 0 atom stereocenters. The maximum atomic E-state index is 12.9. The van der Waals surface area contributed by atoms with Gasteiger partial charge in [0, 0.05) is 44.5 Å². The zero-order valence-electron chi connectivity index (χ0n) is 17.5. The van der Waals surface area contributed by atoms with Gasteiger partial charge in [-0.2, -0.15) is 0 Å². The average molecular weight is 419 g/mol. The molecule has 2 aliphatic rings. The van der Waals surface area contributed by atoms with E-state index in [4.69, 9.17) is 4.74 Å². The molecule has 0 spiro atoms. The zero-order chi connectivity index (χ0) is 22.0. The highest BCUT2D eigenvalue weighted by atomic mass is 16.5. The fraction of sp³-hybridized carbons (Fsp3) is 0.292. The second-order valence-electron chi connectivity index (χ2n) is 7.70. The molecule has 0 aliphatic carbocycles. The molecule has 7 nitrogen and oxygen atoms in total.